The van der Waals surface area contributed by atoms with E-state index in [1.165, 1.54) is 18.1 Å². The lowest BCUT2D eigenvalue weighted by molar-refractivity contribution is -0.149. The van der Waals surface area contributed by atoms with Gasteiger partial charge in [0.1, 0.15) is 11.4 Å². The molecule has 2 heterocycles. The highest BCUT2D eigenvalue weighted by molar-refractivity contribution is 5.96. The molecule has 0 N–H and O–H groups in total. The van der Waals surface area contributed by atoms with Crippen LogP contribution in [-0.2, 0) is 9.53 Å². The van der Waals surface area contributed by atoms with Gasteiger partial charge in [0, 0.05) is 24.4 Å². The van der Waals surface area contributed by atoms with Crippen molar-refractivity contribution in [1.82, 2.24) is 4.90 Å². The third kappa shape index (κ3) is 3.07. The fraction of sp³-hybridized carbons (Fsp3) is 0.542. The number of fused-ring (bicyclic) bond motifs is 1. The summed E-state index contributed by atoms with van der Waals surface area (Å²) in [5.41, 5.74) is 2.85. The van der Waals surface area contributed by atoms with Gasteiger partial charge in [0.05, 0.1) is 5.57 Å². The number of benzene rings is 1. The van der Waals surface area contributed by atoms with E-state index < -0.39 is 0 Å². The van der Waals surface area contributed by atoms with E-state index in [1.54, 1.807) is 6.07 Å². The standard InChI is InChI=1S/C24H28FNO2/c25-19-6-4-5-18(15-19)17-7-9-20(10-8-17)26-14-11-21-22(16-26)24(28-23(21)27)12-2-1-3-13-24/h4-6,11,14-15,17,20H,1-3,7-10,12-13,16H2/t17-,20-. The molecule has 0 unspecified atom stereocenters. The van der Waals surface area contributed by atoms with Crippen LogP contribution in [0.15, 0.2) is 47.7 Å². The normalized spacial score (nSPS) is 29.2. The lowest BCUT2D eigenvalue weighted by Crippen LogP contribution is -2.42. The van der Waals surface area contributed by atoms with Gasteiger partial charge in [-0.2, -0.15) is 0 Å². The summed E-state index contributed by atoms with van der Waals surface area (Å²) in [4.78, 5) is 14.8. The largest absolute Gasteiger partial charge is 0.451 e. The van der Waals surface area contributed by atoms with Crippen LogP contribution in [0.4, 0.5) is 4.39 Å². The first-order valence-corrected chi connectivity index (χ1v) is 10.8. The summed E-state index contributed by atoms with van der Waals surface area (Å²) in [7, 11) is 0. The van der Waals surface area contributed by atoms with Crippen molar-refractivity contribution in [1.29, 1.82) is 0 Å². The first kappa shape index (κ1) is 18.0. The average Bonchev–Trinajstić information content (AvgIpc) is 2.99. The first-order chi connectivity index (χ1) is 13.6. The van der Waals surface area contributed by atoms with Crippen LogP contribution in [0.2, 0.25) is 0 Å². The fourth-order valence-electron chi connectivity index (χ4n) is 5.74. The van der Waals surface area contributed by atoms with Crippen LogP contribution in [0, 0.1) is 5.82 Å². The minimum Gasteiger partial charge on any atom is -0.451 e. The van der Waals surface area contributed by atoms with Crippen LogP contribution in [0.3, 0.4) is 0 Å². The Balaban J connectivity index is 1.27. The number of hydrogen-bond acceptors (Lipinski definition) is 3. The highest BCUT2D eigenvalue weighted by atomic mass is 19.1. The summed E-state index contributed by atoms with van der Waals surface area (Å²) >= 11 is 0. The van der Waals surface area contributed by atoms with Gasteiger partial charge < -0.3 is 9.64 Å². The van der Waals surface area contributed by atoms with Gasteiger partial charge in [0.25, 0.3) is 0 Å². The number of carbonyl (C=O) groups excluding carboxylic acids is 1. The number of halogens is 1. The zero-order valence-corrected chi connectivity index (χ0v) is 16.3. The van der Waals surface area contributed by atoms with Crippen molar-refractivity contribution in [3.05, 3.63) is 59.1 Å². The lowest BCUT2D eigenvalue weighted by Gasteiger charge is -2.41. The molecule has 3 nitrogen and oxygen atoms in total. The van der Waals surface area contributed by atoms with Crippen LogP contribution in [0.5, 0.6) is 0 Å². The summed E-state index contributed by atoms with van der Waals surface area (Å²) in [5, 5.41) is 0. The molecule has 5 rings (SSSR count). The molecule has 0 bridgehead atoms. The Labute approximate surface area is 166 Å². The third-order valence-corrected chi connectivity index (χ3v) is 7.30. The van der Waals surface area contributed by atoms with Crippen molar-refractivity contribution in [3.8, 4) is 0 Å². The lowest BCUT2D eigenvalue weighted by atomic mass is 9.77. The van der Waals surface area contributed by atoms with Gasteiger partial charge in [-0.15, -0.1) is 0 Å². The fourth-order valence-corrected chi connectivity index (χ4v) is 5.74. The molecule has 1 aromatic carbocycles. The van der Waals surface area contributed by atoms with Crippen LogP contribution < -0.4 is 0 Å². The van der Waals surface area contributed by atoms with E-state index in [9.17, 15) is 9.18 Å². The minimum atomic E-state index is -0.327. The number of rotatable bonds is 2. The monoisotopic (exact) mass is 381 g/mol. The molecular weight excluding hydrogens is 353 g/mol. The van der Waals surface area contributed by atoms with E-state index in [2.05, 4.69) is 17.2 Å². The zero-order chi connectivity index (χ0) is 19.1. The van der Waals surface area contributed by atoms with Crippen molar-refractivity contribution < 1.29 is 13.9 Å². The molecule has 1 spiro atoms. The molecule has 28 heavy (non-hydrogen) atoms. The number of nitrogens with zero attached hydrogens (tertiary/aromatic N) is 1. The molecule has 148 valence electrons. The van der Waals surface area contributed by atoms with Crippen LogP contribution in [0.25, 0.3) is 0 Å². The Morgan fingerprint density at radius 1 is 1.07 bits per heavy atom. The zero-order valence-electron chi connectivity index (χ0n) is 16.3. The van der Waals surface area contributed by atoms with E-state index in [-0.39, 0.29) is 17.4 Å². The van der Waals surface area contributed by atoms with Crippen molar-refractivity contribution in [2.45, 2.75) is 75.3 Å². The number of hydrogen-bond donors (Lipinski definition) is 0. The Bertz CT molecular complexity index is 829. The molecular formula is C24H28FNO2. The molecule has 1 aromatic rings. The maximum Gasteiger partial charge on any atom is 0.339 e. The van der Waals surface area contributed by atoms with E-state index in [0.29, 0.717) is 12.0 Å². The van der Waals surface area contributed by atoms with Crippen molar-refractivity contribution in [3.63, 3.8) is 0 Å². The molecule has 0 aromatic heterocycles. The first-order valence-electron chi connectivity index (χ1n) is 10.8. The maximum absolute atomic E-state index is 13.6. The molecule has 0 radical (unpaired) electrons. The van der Waals surface area contributed by atoms with E-state index >= 15 is 0 Å². The summed E-state index contributed by atoms with van der Waals surface area (Å²) in [6, 6.07) is 7.58. The van der Waals surface area contributed by atoms with Gasteiger partial charge in [-0.25, -0.2) is 9.18 Å². The van der Waals surface area contributed by atoms with Crippen LogP contribution in [0.1, 0.15) is 69.3 Å². The van der Waals surface area contributed by atoms with Gasteiger partial charge in [-0.1, -0.05) is 18.6 Å². The molecule has 0 saturated heterocycles. The minimum absolute atomic E-state index is 0.123. The molecule has 4 heteroatoms. The second-order valence-corrected chi connectivity index (χ2v) is 8.89. The SMILES string of the molecule is O=C1OC2(CCCCC2)C2=C1C=CN([C@H]1CC[C@H](c3cccc(F)c3)CC1)C2. The molecule has 0 atom stereocenters. The van der Waals surface area contributed by atoms with E-state index in [1.807, 2.05) is 12.1 Å². The van der Waals surface area contributed by atoms with Crippen molar-refractivity contribution in [2.24, 2.45) is 0 Å². The number of carbonyl (C=O) groups is 1. The predicted octanol–water partition coefficient (Wildman–Crippen LogP) is 5.24. The molecule has 2 aliphatic heterocycles. The van der Waals surface area contributed by atoms with Gasteiger partial charge in [0.2, 0.25) is 0 Å². The summed E-state index contributed by atoms with van der Waals surface area (Å²) in [5.74, 6) is 0.195. The molecule has 0 amide bonds. The predicted molar refractivity (Wildman–Crippen MR) is 106 cm³/mol. The van der Waals surface area contributed by atoms with Gasteiger partial charge in [-0.3, -0.25) is 0 Å². The number of ether oxygens (including phenoxy) is 1. The highest BCUT2D eigenvalue weighted by Crippen LogP contribution is 2.46. The Morgan fingerprint density at radius 3 is 2.61 bits per heavy atom. The van der Waals surface area contributed by atoms with Gasteiger partial charge >= 0.3 is 5.97 Å². The summed E-state index contributed by atoms with van der Waals surface area (Å²) in [6.45, 7) is 0.826. The topological polar surface area (TPSA) is 29.5 Å². The Kier molecular flexibility index (Phi) is 4.53. The number of esters is 1. The third-order valence-electron chi connectivity index (χ3n) is 7.30. The van der Waals surface area contributed by atoms with Crippen molar-refractivity contribution >= 4 is 5.97 Å². The van der Waals surface area contributed by atoms with Crippen molar-refractivity contribution in [2.75, 3.05) is 6.54 Å². The highest BCUT2D eigenvalue weighted by Gasteiger charge is 2.48. The second-order valence-electron chi connectivity index (χ2n) is 8.89. The molecule has 2 fully saturated rings. The summed E-state index contributed by atoms with van der Waals surface area (Å²) in [6.07, 6.45) is 14.0. The molecule has 2 aliphatic carbocycles. The Morgan fingerprint density at radius 2 is 1.86 bits per heavy atom. The Hall–Kier alpha value is -2.10. The van der Waals surface area contributed by atoms with E-state index in [4.69, 9.17) is 4.74 Å². The van der Waals surface area contributed by atoms with Gasteiger partial charge in [-0.05, 0) is 81.1 Å². The molecule has 4 aliphatic rings. The molecule has 2 saturated carbocycles. The van der Waals surface area contributed by atoms with E-state index in [0.717, 1.165) is 69.0 Å². The summed E-state index contributed by atoms with van der Waals surface area (Å²) < 4.78 is 19.5. The van der Waals surface area contributed by atoms with Gasteiger partial charge in [0.15, 0.2) is 0 Å². The van der Waals surface area contributed by atoms with Crippen LogP contribution >= 0.6 is 0 Å². The average molecular weight is 381 g/mol. The second kappa shape index (κ2) is 7.06. The smallest absolute Gasteiger partial charge is 0.339 e. The van der Waals surface area contributed by atoms with Crippen LogP contribution in [-0.4, -0.2) is 29.1 Å². The quantitative estimate of drug-likeness (QED) is 0.657. The maximum atomic E-state index is 13.6.